The van der Waals surface area contributed by atoms with Gasteiger partial charge < -0.3 is 0 Å². The number of carbonyl (C=O) groups is 1. The third kappa shape index (κ3) is 1.57. The number of halogens is 1. The van der Waals surface area contributed by atoms with Gasteiger partial charge in [-0.1, -0.05) is 6.07 Å². The Balaban J connectivity index is 2.88. The highest BCUT2D eigenvalue weighted by molar-refractivity contribution is 5.98. The molecular weight excluding hydrogens is 193 g/mol. The molecule has 2 rings (SSSR count). The lowest BCUT2D eigenvalue weighted by molar-refractivity contribution is 0.112. The predicted molar refractivity (Wildman–Crippen MR) is 54.0 cm³/mol. The topological polar surface area (TPSA) is 40.9 Å². The molecule has 0 atom stereocenters. The minimum atomic E-state index is -0.380. The summed E-state index contributed by atoms with van der Waals surface area (Å²) < 4.78 is 12.9. The first-order valence-corrected chi connectivity index (χ1v) is 4.33. The highest BCUT2D eigenvalue weighted by Gasteiger charge is 2.04. The predicted octanol–water partition coefficient (Wildman–Crippen LogP) is 2.66. The van der Waals surface area contributed by atoms with E-state index in [0.29, 0.717) is 28.2 Å². The van der Waals surface area contributed by atoms with Gasteiger partial charge in [0.1, 0.15) is 5.82 Å². The molecule has 0 amide bonds. The number of nitrogens with zero attached hydrogens (tertiary/aromatic N) is 1. The molecule has 0 aliphatic heterocycles. The van der Waals surface area contributed by atoms with Crippen LogP contribution in [0.2, 0.25) is 0 Å². The molecule has 0 radical (unpaired) electrons. The molecule has 0 bridgehead atoms. The molecule has 2 aromatic carbocycles. The van der Waals surface area contributed by atoms with Gasteiger partial charge in [-0.05, 0) is 35.0 Å². The zero-order valence-corrected chi connectivity index (χ0v) is 7.70. The van der Waals surface area contributed by atoms with E-state index in [-0.39, 0.29) is 5.82 Å². The van der Waals surface area contributed by atoms with Crippen LogP contribution in [-0.2, 0) is 0 Å². The van der Waals surface area contributed by atoms with Crippen LogP contribution in [0.4, 0.5) is 4.39 Å². The Morgan fingerprint density at radius 2 is 2.07 bits per heavy atom. The van der Waals surface area contributed by atoms with Gasteiger partial charge in [0.15, 0.2) is 6.29 Å². The Labute approximate surface area is 85.6 Å². The average Bonchev–Trinajstić information content (AvgIpc) is 2.26. The van der Waals surface area contributed by atoms with Crippen LogP contribution >= 0.6 is 0 Å². The first-order valence-electron chi connectivity index (χ1n) is 4.33. The first-order chi connectivity index (χ1) is 7.24. The number of carbonyl (C=O) groups excluding carboxylic acids is 1. The molecule has 0 unspecified atom stereocenters. The van der Waals surface area contributed by atoms with Gasteiger partial charge in [-0.25, -0.2) is 4.39 Å². The van der Waals surface area contributed by atoms with Gasteiger partial charge in [-0.3, -0.25) is 4.79 Å². The van der Waals surface area contributed by atoms with Crippen LogP contribution in [0, 0.1) is 17.1 Å². The summed E-state index contributed by atoms with van der Waals surface area (Å²) >= 11 is 0. The van der Waals surface area contributed by atoms with Crippen LogP contribution in [-0.4, -0.2) is 6.29 Å². The highest BCUT2D eigenvalue weighted by Crippen LogP contribution is 2.20. The summed E-state index contributed by atoms with van der Waals surface area (Å²) in [6.45, 7) is 0. The lowest BCUT2D eigenvalue weighted by Crippen LogP contribution is -1.87. The summed E-state index contributed by atoms with van der Waals surface area (Å²) in [6, 6.07) is 9.13. The third-order valence-corrected chi connectivity index (χ3v) is 2.20. The van der Waals surface area contributed by atoms with Crippen molar-refractivity contribution in [2.75, 3.05) is 0 Å². The summed E-state index contributed by atoms with van der Waals surface area (Å²) in [5.74, 6) is -0.380. The van der Waals surface area contributed by atoms with Crippen molar-refractivity contribution in [1.82, 2.24) is 0 Å². The number of fused-ring (bicyclic) bond motifs is 1. The number of benzene rings is 2. The van der Waals surface area contributed by atoms with Crippen molar-refractivity contribution in [3.63, 3.8) is 0 Å². The fourth-order valence-electron chi connectivity index (χ4n) is 1.53. The zero-order chi connectivity index (χ0) is 10.8. The molecule has 3 heteroatoms. The molecule has 0 heterocycles. The van der Waals surface area contributed by atoms with Gasteiger partial charge in [0, 0.05) is 5.56 Å². The second kappa shape index (κ2) is 3.50. The van der Waals surface area contributed by atoms with Crippen LogP contribution in [0.15, 0.2) is 30.3 Å². The second-order valence-electron chi connectivity index (χ2n) is 3.16. The molecule has 0 saturated heterocycles. The quantitative estimate of drug-likeness (QED) is 0.662. The molecular formula is C12H6FNO. The Morgan fingerprint density at radius 1 is 1.27 bits per heavy atom. The Hall–Kier alpha value is -2.21. The second-order valence-corrected chi connectivity index (χ2v) is 3.16. The van der Waals surface area contributed by atoms with E-state index in [0.717, 1.165) is 0 Å². The molecule has 0 N–H and O–H groups in total. The molecule has 72 valence electrons. The maximum absolute atomic E-state index is 12.9. The highest BCUT2D eigenvalue weighted by atomic mass is 19.1. The molecule has 2 aromatic rings. The van der Waals surface area contributed by atoms with Gasteiger partial charge in [-0.15, -0.1) is 0 Å². The third-order valence-electron chi connectivity index (χ3n) is 2.20. The van der Waals surface area contributed by atoms with E-state index in [2.05, 4.69) is 0 Å². The smallest absolute Gasteiger partial charge is 0.150 e. The van der Waals surface area contributed by atoms with E-state index in [4.69, 9.17) is 5.26 Å². The first kappa shape index (κ1) is 9.35. The summed E-state index contributed by atoms with van der Waals surface area (Å²) in [6.07, 6.45) is 0.668. The molecule has 0 fully saturated rings. The number of rotatable bonds is 1. The van der Waals surface area contributed by atoms with Crippen molar-refractivity contribution in [3.8, 4) is 6.07 Å². The summed E-state index contributed by atoms with van der Waals surface area (Å²) in [5.41, 5.74) is 0.763. The van der Waals surface area contributed by atoms with E-state index >= 15 is 0 Å². The van der Waals surface area contributed by atoms with Crippen molar-refractivity contribution >= 4 is 17.1 Å². The van der Waals surface area contributed by atoms with Gasteiger partial charge >= 0.3 is 0 Å². The number of nitriles is 1. The van der Waals surface area contributed by atoms with Gasteiger partial charge in [0.2, 0.25) is 0 Å². The van der Waals surface area contributed by atoms with E-state index in [9.17, 15) is 9.18 Å². The van der Waals surface area contributed by atoms with Crippen molar-refractivity contribution in [2.24, 2.45) is 0 Å². The Morgan fingerprint density at radius 3 is 2.73 bits per heavy atom. The average molecular weight is 199 g/mol. The van der Waals surface area contributed by atoms with Crippen molar-refractivity contribution < 1.29 is 9.18 Å². The van der Waals surface area contributed by atoms with E-state index in [1.807, 2.05) is 6.07 Å². The number of hydrogen-bond acceptors (Lipinski definition) is 2. The SMILES string of the molecule is N#Cc1cc(C=O)c2ccc(F)cc2c1. The standard InChI is InChI=1S/C12H6FNO/c13-11-1-2-12-9(5-11)3-8(6-14)4-10(12)7-15/h1-5,7H. The maximum atomic E-state index is 12.9. The molecule has 0 spiro atoms. The van der Waals surface area contributed by atoms with Crippen LogP contribution in [0.5, 0.6) is 0 Å². The van der Waals surface area contributed by atoms with E-state index < -0.39 is 0 Å². The van der Waals surface area contributed by atoms with E-state index in [1.165, 1.54) is 24.3 Å². The lowest BCUT2D eigenvalue weighted by atomic mass is 10.0. The summed E-state index contributed by atoms with van der Waals surface area (Å²) in [7, 11) is 0. The molecule has 0 saturated carbocycles. The van der Waals surface area contributed by atoms with Gasteiger partial charge in [0.05, 0.1) is 11.6 Å². The van der Waals surface area contributed by atoms with Gasteiger partial charge in [0.25, 0.3) is 0 Å². The van der Waals surface area contributed by atoms with Crippen molar-refractivity contribution in [3.05, 3.63) is 47.3 Å². The minimum absolute atomic E-state index is 0.357. The molecule has 2 nitrogen and oxygen atoms in total. The largest absolute Gasteiger partial charge is 0.298 e. The minimum Gasteiger partial charge on any atom is -0.298 e. The fraction of sp³-hybridized carbons (Fsp3) is 0. The molecule has 15 heavy (non-hydrogen) atoms. The summed E-state index contributed by atoms with van der Waals surface area (Å²) in [4.78, 5) is 10.8. The van der Waals surface area contributed by atoms with Crippen molar-refractivity contribution in [1.29, 1.82) is 5.26 Å². The van der Waals surface area contributed by atoms with Crippen LogP contribution in [0.3, 0.4) is 0 Å². The van der Waals surface area contributed by atoms with Crippen LogP contribution in [0.25, 0.3) is 10.8 Å². The number of aldehydes is 1. The van der Waals surface area contributed by atoms with Gasteiger partial charge in [-0.2, -0.15) is 5.26 Å². The van der Waals surface area contributed by atoms with Crippen molar-refractivity contribution in [2.45, 2.75) is 0 Å². The maximum Gasteiger partial charge on any atom is 0.150 e. The monoisotopic (exact) mass is 199 g/mol. The normalized spacial score (nSPS) is 9.87. The lowest BCUT2D eigenvalue weighted by Gasteiger charge is -2.01. The molecule has 0 aromatic heterocycles. The molecule has 0 aliphatic carbocycles. The number of hydrogen-bond donors (Lipinski definition) is 0. The Kier molecular flexibility index (Phi) is 2.18. The zero-order valence-electron chi connectivity index (χ0n) is 7.70. The van der Waals surface area contributed by atoms with E-state index in [1.54, 1.807) is 6.07 Å². The molecule has 0 aliphatic rings. The van der Waals surface area contributed by atoms with Crippen LogP contribution < -0.4 is 0 Å². The Bertz CT molecular complexity index is 584. The van der Waals surface area contributed by atoms with Crippen LogP contribution in [0.1, 0.15) is 15.9 Å². The fourth-order valence-corrected chi connectivity index (χ4v) is 1.53. The summed E-state index contributed by atoms with van der Waals surface area (Å²) in [5, 5.41) is 9.95.